The first-order valence-corrected chi connectivity index (χ1v) is 13.1. The molecule has 2 atom stereocenters. The molecule has 1 aliphatic rings. The Morgan fingerprint density at radius 3 is 1.59 bits per heavy atom. The Labute approximate surface area is 176 Å². The van der Waals surface area contributed by atoms with E-state index in [0.717, 1.165) is 19.3 Å². The Morgan fingerprint density at radius 2 is 1.24 bits per heavy atom. The smallest absolute Gasteiger partial charge is 0.318 e. The lowest BCUT2D eigenvalue weighted by atomic mass is 9.98. The Bertz CT molecular complexity index is 572. The number of hydrogen-bond acceptors (Lipinski definition) is 5. The van der Waals surface area contributed by atoms with E-state index in [1.165, 1.54) is 70.6 Å². The van der Waals surface area contributed by atoms with Crippen LogP contribution in [0.5, 0.6) is 0 Å². The molecule has 0 aliphatic carbocycles. The topological polar surface area (TPSA) is 97.7 Å². The first-order chi connectivity index (χ1) is 13.9. The molecule has 1 fully saturated rings. The summed E-state index contributed by atoms with van der Waals surface area (Å²) in [6, 6.07) is 0. The number of carbonyl (C=O) groups is 2. The number of rotatable bonds is 18. The lowest BCUT2D eigenvalue weighted by Gasteiger charge is -2.16. The van der Waals surface area contributed by atoms with Crippen LogP contribution >= 0.6 is 0 Å². The lowest BCUT2D eigenvalue weighted by Crippen LogP contribution is -2.32. The molecule has 0 aromatic rings. The van der Waals surface area contributed by atoms with Gasteiger partial charge in [0.15, 0.2) is 0 Å². The fraction of sp³-hybridized carbons (Fsp3) is 0.909. The summed E-state index contributed by atoms with van der Waals surface area (Å²) in [5.74, 6) is -2.62. The molecule has 1 aliphatic heterocycles. The SMILES string of the molecule is CCCCCCCCCCCCCCCCCC(C1CC(=O)OC1=O)S(=O)(=O)O. The third-order valence-corrected chi connectivity index (χ3v) is 7.16. The average Bonchev–Trinajstić information content (AvgIpc) is 2.98. The summed E-state index contributed by atoms with van der Waals surface area (Å²) >= 11 is 0. The van der Waals surface area contributed by atoms with E-state index >= 15 is 0 Å². The maximum atomic E-state index is 11.6. The van der Waals surface area contributed by atoms with Gasteiger partial charge >= 0.3 is 11.9 Å². The predicted octanol–water partition coefficient (Wildman–Crippen LogP) is 5.59. The molecule has 0 aromatic carbocycles. The summed E-state index contributed by atoms with van der Waals surface area (Å²) in [6.45, 7) is 2.24. The van der Waals surface area contributed by atoms with Gasteiger partial charge in [-0.1, -0.05) is 103 Å². The molecule has 29 heavy (non-hydrogen) atoms. The molecule has 2 unspecified atom stereocenters. The average molecular weight is 433 g/mol. The van der Waals surface area contributed by atoms with Crippen molar-refractivity contribution in [2.24, 2.45) is 5.92 Å². The second kappa shape index (κ2) is 14.9. The van der Waals surface area contributed by atoms with Gasteiger partial charge in [0.05, 0.1) is 12.3 Å². The minimum atomic E-state index is -4.38. The predicted molar refractivity (Wildman–Crippen MR) is 114 cm³/mol. The van der Waals surface area contributed by atoms with E-state index in [9.17, 15) is 22.6 Å². The van der Waals surface area contributed by atoms with Crippen molar-refractivity contribution in [3.63, 3.8) is 0 Å². The molecular weight excluding hydrogens is 392 g/mol. The molecule has 0 saturated carbocycles. The highest BCUT2D eigenvalue weighted by atomic mass is 32.2. The zero-order valence-corrected chi connectivity index (χ0v) is 18.9. The van der Waals surface area contributed by atoms with Gasteiger partial charge in [-0.2, -0.15) is 8.42 Å². The van der Waals surface area contributed by atoms with Crippen LogP contribution in [0.15, 0.2) is 0 Å². The zero-order chi connectivity index (χ0) is 21.5. The van der Waals surface area contributed by atoms with Gasteiger partial charge in [0.1, 0.15) is 5.25 Å². The highest BCUT2D eigenvalue weighted by molar-refractivity contribution is 7.86. The van der Waals surface area contributed by atoms with Crippen LogP contribution in [0.25, 0.3) is 0 Å². The minimum Gasteiger partial charge on any atom is -0.393 e. The van der Waals surface area contributed by atoms with Gasteiger partial charge in [-0.15, -0.1) is 0 Å². The molecule has 170 valence electrons. The second-order valence-corrected chi connectivity index (χ2v) is 10.0. The van der Waals surface area contributed by atoms with E-state index in [0.29, 0.717) is 6.42 Å². The number of hydrogen-bond donors (Lipinski definition) is 1. The molecule has 1 N–H and O–H groups in total. The fourth-order valence-corrected chi connectivity index (χ4v) is 5.14. The first-order valence-electron chi connectivity index (χ1n) is 11.6. The van der Waals surface area contributed by atoms with Gasteiger partial charge in [-0.3, -0.25) is 14.1 Å². The highest BCUT2D eigenvalue weighted by Crippen LogP contribution is 2.28. The van der Waals surface area contributed by atoms with Crippen LogP contribution in [0.2, 0.25) is 0 Å². The highest BCUT2D eigenvalue weighted by Gasteiger charge is 2.44. The Balaban J connectivity index is 2.01. The van der Waals surface area contributed by atoms with Crippen LogP contribution in [-0.4, -0.2) is 30.2 Å². The summed E-state index contributed by atoms with van der Waals surface area (Å²) in [5.41, 5.74) is 0. The van der Waals surface area contributed by atoms with Crippen molar-refractivity contribution in [3.05, 3.63) is 0 Å². The summed E-state index contributed by atoms with van der Waals surface area (Å²) in [6.07, 6.45) is 18.1. The van der Waals surface area contributed by atoms with Crippen LogP contribution < -0.4 is 0 Å². The molecule has 0 bridgehead atoms. The Hall–Kier alpha value is -0.950. The van der Waals surface area contributed by atoms with Gasteiger partial charge in [0.2, 0.25) is 0 Å². The van der Waals surface area contributed by atoms with Crippen molar-refractivity contribution in [1.29, 1.82) is 0 Å². The monoisotopic (exact) mass is 432 g/mol. The van der Waals surface area contributed by atoms with Crippen molar-refractivity contribution in [3.8, 4) is 0 Å². The van der Waals surface area contributed by atoms with Crippen molar-refractivity contribution in [1.82, 2.24) is 0 Å². The molecule has 6 nitrogen and oxygen atoms in total. The van der Waals surface area contributed by atoms with Crippen LogP contribution in [0.3, 0.4) is 0 Å². The van der Waals surface area contributed by atoms with Crippen LogP contribution in [-0.2, 0) is 24.4 Å². The second-order valence-electron chi connectivity index (χ2n) is 8.40. The molecular formula is C22H40O6S. The van der Waals surface area contributed by atoms with E-state index in [1.54, 1.807) is 0 Å². The van der Waals surface area contributed by atoms with Gasteiger partial charge in [-0.05, 0) is 6.42 Å². The van der Waals surface area contributed by atoms with Crippen molar-refractivity contribution in [2.75, 3.05) is 0 Å². The largest absolute Gasteiger partial charge is 0.393 e. The van der Waals surface area contributed by atoms with Crippen LogP contribution in [0.4, 0.5) is 0 Å². The van der Waals surface area contributed by atoms with E-state index in [1.807, 2.05) is 0 Å². The Kier molecular flexibility index (Phi) is 13.4. The van der Waals surface area contributed by atoms with E-state index < -0.39 is 33.2 Å². The maximum absolute atomic E-state index is 11.6. The fourth-order valence-electron chi connectivity index (χ4n) is 4.05. The lowest BCUT2D eigenvalue weighted by molar-refractivity contribution is -0.153. The van der Waals surface area contributed by atoms with Gasteiger partial charge < -0.3 is 4.74 Å². The van der Waals surface area contributed by atoms with Gasteiger partial charge in [0, 0.05) is 0 Å². The van der Waals surface area contributed by atoms with Crippen molar-refractivity contribution in [2.45, 2.75) is 121 Å². The maximum Gasteiger partial charge on any atom is 0.318 e. The zero-order valence-electron chi connectivity index (χ0n) is 18.1. The number of carbonyl (C=O) groups excluding carboxylic acids is 2. The minimum absolute atomic E-state index is 0.185. The van der Waals surface area contributed by atoms with E-state index in [4.69, 9.17) is 0 Å². The van der Waals surface area contributed by atoms with E-state index in [2.05, 4.69) is 11.7 Å². The number of unbranched alkanes of at least 4 members (excludes halogenated alkanes) is 14. The number of ether oxygens (including phenoxy) is 1. The van der Waals surface area contributed by atoms with Crippen molar-refractivity contribution >= 4 is 22.1 Å². The summed E-state index contributed by atoms with van der Waals surface area (Å²) in [5, 5.41) is -1.23. The summed E-state index contributed by atoms with van der Waals surface area (Å²) < 4.78 is 37.0. The van der Waals surface area contributed by atoms with Crippen molar-refractivity contribution < 1.29 is 27.3 Å². The molecule has 1 rings (SSSR count). The molecule has 1 saturated heterocycles. The summed E-state index contributed by atoms with van der Waals surface area (Å²) in [7, 11) is -4.38. The third kappa shape index (κ3) is 11.7. The molecule has 0 radical (unpaired) electrons. The van der Waals surface area contributed by atoms with Crippen LogP contribution in [0.1, 0.15) is 116 Å². The first kappa shape index (κ1) is 26.1. The normalized spacial score (nSPS) is 18.2. The van der Waals surface area contributed by atoms with E-state index in [-0.39, 0.29) is 12.8 Å². The number of cyclic esters (lactones) is 2. The Morgan fingerprint density at radius 1 is 0.828 bits per heavy atom. The van der Waals surface area contributed by atoms with Gasteiger partial charge in [0.25, 0.3) is 10.1 Å². The summed E-state index contributed by atoms with van der Waals surface area (Å²) in [4.78, 5) is 22.8. The number of esters is 2. The molecule has 0 amide bonds. The molecule has 0 aromatic heterocycles. The third-order valence-electron chi connectivity index (χ3n) is 5.83. The quantitative estimate of drug-likeness (QED) is 0.131. The molecule has 0 spiro atoms. The van der Waals surface area contributed by atoms with Crippen LogP contribution in [0, 0.1) is 5.92 Å². The molecule has 1 heterocycles. The molecule has 7 heteroatoms. The van der Waals surface area contributed by atoms with Gasteiger partial charge in [-0.25, -0.2) is 0 Å². The standard InChI is InChI=1S/C22H40O6S/c1-2-3-4-5-6-7-8-9-10-11-12-13-14-15-16-17-20(29(25,26)27)19-18-21(23)28-22(19)24/h19-20H,2-18H2,1H3,(H,25,26,27).